The van der Waals surface area contributed by atoms with Crippen molar-refractivity contribution in [3.05, 3.63) is 189 Å². The summed E-state index contributed by atoms with van der Waals surface area (Å²) in [6.07, 6.45) is 3.28. The number of aromatic nitrogens is 3. The molecule has 4 heterocycles. The Morgan fingerprint density at radius 2 is 1.16 bits per heavy atom. The van der Waals surface area contributed by atoms with Crippen LogP contribution in [0.1, 0.15) is 0 Å². The third-order valence-electron chi connectivity index (χ3n) is 10.9. The quantitative estimate of drug-likeness (QED) is 0.168. The zero-order valence-electron chi connectivity index (χ0n) is 30.8. The number of thiophene rings is 1. The highest BCUT2D eigenvalue weighted by Crippen LogP contribution is 2.49. The molecule has 0 unspecified atom stereocenters. The van der Waals surface area contributed by atoms with Gasteiger partial charge in [-0.2, -0.15) is 0 Å². The Morgan fingerprint density at radius 3 is 1.95 bits per heavy atom. The van der Waals surface area contributed by atoms with Crippen LogP contribution in [0.2, 0.25) is 0 Å². The van der Waals surface area contributed by atoms with Gasteiger partial charge in [-0.25, -0.2) is 9.97 Å². The monoisotopic (exact) mass is 747 g/mol. The van der Waals surface area contributed by atoms with Gasteiger partial charge in [-0.05, 0) is 69.1 Å². The van der Waals surface area contributed by atoms with E-state index in [9.17, 15) is 0 Å². The van der Waals surface area contributed by atoms with Crippen LogP contribution in [-0.4, -0.2) is 14.5 Å². The van der Waals surface area contributed by atoms with Crippen LogP contribution in [0.15, 0.2) is 194 Å². The molecule has 8 aromatic carbocycles. The summed E-state index contributed by atoms with van der Waals surface area (Å²) in [6, 6.07) is 58.3. The fourth-order valence-corrected chi connectivity index (χ4v) is 9.71. The standard InChI is InChI=1S/C48H27N3OS.C4H6/c1-2-13-28(14-3-1)29-17-12-18-32(25-29)43-47(49-44-36-22-9-11-24-39(36)52-48(44)50-43)51-38-23-10-8-21-35(38)41-33-19-6-7-20-34(33)42-37-26-30-15-4-5-16-31(30)27-40(37)53-46(42)45(41)51;1-3-4-2/h1-27H;3-4H,1-2H2. The molecule has 0 spiro atoms. The highest BCUT2D eigenvalue weighted by Gasteiger charge is 2.26. The minimum atomic E-state index is 0.528. The van der Waals surface area contributed by atoms with Crippen LogP contribution in [0.4, 0.5) is 0 Å². The lowest BCUT2D eigenvalue weighted by atomic mass is 9.98. The Hall–Kier alpha value is -7.34. The predicted octanol–water partition coefficient (Wildman–Crippen LogP) is 14.8. The summed E-state index contributed by atoms with van der Waals surface area (Å²) >= 11 is 1.87. The molecule has 0 N–H and O–H groups in total. The van der Waals surface area contributed by atoms with Crippen molar-refractivity contribution in [2.45, 2.75) is 0 Å². The predicted molar refractivity (Wildman–Crippen MR) is 243 cm³/mol. The van der Waals surface area contributed by atoms with Crippen LogP contribution in [0.5, 0.6) is 0 Å². The summed E-state index contributed by atoms with van der Waals surface area (Å²) in [6.45, 7) is 6.72. The lowest BCUT2D eigenvalue weighted by molar-refractivity contribution is 0.653. The van der Waals surface area contributed by atoms with E-state index < -0.39 is 0 Å². The molecule has 0 radical (unpaired) electrons. The van der Waals surface area contributed by atoms with Crippen molar-refractivity contribution in [1.82, 2.24) is 14.5 Å². The third-order valence-corrected chi connectivity index (χ3v) is 12.1. The molecule has 57 heavy (non-hydrogen) atoms. The molecule has 0 saturated heterocycles. The first-order valence-electron chi connectivity index (χ1n) is 19.0. The topological polar surface area (TPSA) is 43.9 Å². The molecule has 0 saturated carbocycles. The number of furan rings is 1. The Balaban J connectivity index is 0.000000896. The minimum Gasteiger partial charge on any atom is -0.436 e. The van der Waals surface area contributed by atoms with Crippen molar-refractivity contribution < 1.29 is 4.42 Å². The van der Waals surface area contributed by atoms with E-state index in [-0.39, 0.29) is 0 Å². The summed E-state index contributed by atoms with van der Waals surface area (Å²) in [7, 11) is 0. The molecule has 0 aliphatic rings. The smallest absolute Gasteiger partial charge is 0.247 e. The molecule has 5 heteroatoms. The number of allylic oxidation sites excluding steroid dienone is 2. The molecule has 12 aromatic rings. The molecule has 0 atom stereocenters. The summed E-state index contributed by atoms with van der Waals surface area (Å²) in [5.41, 5.74) is 8.30. The molecular formula is C52H33N3OS. The number of benzene rings is 8. The molecule has 4 aromatic heterocycles. The van der Waals surface area contributed by atoms with Gasteiger partial charge in [0.2, 0.25) is 5.71 Å². The maximum absolute atomic E-state index is 6.40. The molecule has 268 valence electrons. The maximum Gasteiger partial charge on any atom is 0.247 e. The number of nitrogens with zero attached hydrogens (tertiary/aromatic N) is 3. The van der Waals surface area contributed by atoms with Crippen molar-refractivity contribution in [2.24, 2.45) is 0 Å². The van der Waals surface area contributed by atoms with E-state index in [4.69, 9.17) is 14.4 Å². The van der Waals surface area contributed by atoms with Crippen LogP contribution in [0.25, 0.3) is 114 Å². The summed E-state index contributed by atoms with van der Waals surface area (Å²) in [5.74, 6) is 0.777. The van der Waals surface area contributed by atoms with Gasteiger partial charge in [0.25, 0.3) is 0 Å². The molecule has 0 amide bonds. The first-order chi connectivity index (χ1) is 28.2. The zero-order chi connectivity index (χ0) is 38.0. The van der Waals surface area contributed by atoms with Crippen LogP contribution >= 0.6 is 11.3 Å². The normalized spacial score (nSPS) is 11.6. The third kappa shape index (κ3) is 5.13. The maximum atomic E-state index is 6.40. The Morgan fingerprint density at radius 1 is 0.526 bits per heavy atom. The average Bonchev–Trinajstić information content (AvgIpc) is 3.95. The Kier molecular flexibility index (Phi) is 7.62. The van der Waals surface area contributed by atoms with Gasteiger partial charge in [0.1, 0.15) is 16.8 Å². The van der Waals surface area contributed by atoms with E-state index in [1.54, 1.807) is 12.2 Å². The first-order valence-corrected chi connectivity index (χ1v) is 19.8. The lowest BCUT2D eigenvalue weighted by Gasteiger charge is -2.14. The van der Waals surface area contributed by atoms with E-state index >= 15 is 0 Å². The Labute approximate surface area is 331 Å². The summed E-state index contributed by atoms with van der Waals surface area (Å²) in [4.78, 5) is 10.9. The molecule has 0 bridgehead atoms. The lowest BCUT2D eigenvalue weighted by Crippen LogP contribution is -2.03. The van der Waals surface area contributed by atoms with Gasteiger partial charge in [-0.1, -0.05) is 153 Å². The van der Waals surface area contributed by atoms with E-state index in [0.29, 0.717) is 5.71 Å². The fourth-order valence-electron chi connectivity index (χ4n) is 8.42. The number of fused-ring (bicyclic) bond motifs is 14. The number of rotatable bonds is 4. The van der Waals surface area contributed by atoms with E-state index in [0.717, 1.165) is 55.7 Å². The van der Waals surface area contributed by atoms with Crippen LogP contribution in [0.3, 0.4) is 0 Å². The first kappa shape index (κ1) is 33.0. The van der Waals surface area contributed by atoms with E-state index in [2.05, 4.69) is 163 Å². The molecular weight excluding hydrogens is 715 g/mol. The second kappa shape index (κ2) is 13.2. The SMILES string of the molecule is C=CC=C.c1ccc(-c2cccc(-c3nc4oc5ccccc5c4nc3-n3c4ccccc4c4c5ccccc5c5c6cc7ccccc7cc6sc5c43)c2)cc1. The number of para-hydroxylation sites is 2. The second-order valence-electron chi connectivity index (χ2n) is 14.2. The van der Waals surface area contributed by atoms with Crippen molar-refractivity contribution in [1.29, 1.82) is 0 Å². The average molecular weight is 748 g/mol. The van der Waals surface area contributed by atoms with Crippen molar-refractivity contribution in [3.63, 3.8) is 0 Å². The number of hydrogen-bond donors (Lipinski definition) is 0. The minimum absolute atomic E-state index is 0.528. The summed E-state index contributed by atoms with van der Waals surface area (Å²) in [5, 5.41) is 10.9. The van der Waals surface area contributed by atoms with Gasteiger partial charge < -0.3 is 4.42 Å². The van der Waals surface area contributed by atoms with Gasteiger partial charge in [0.15, 0.2) is 5.82 Å². The summed E-state index contributed by atoms with van der Waals surface area (Å²) < 4.78 is 11.3. The highest BCUT2D eigenvalue weighted by molar-refractivity contribution is 7.27. The second-order valence-corrected chi connectivity index (χ2v) is 15.2. The van der Waals surface area contributed by atoms with Gasteiger partial charge in [-0.15, -0.1) is 11.3 Å². The van der Waals surface area contributed by atoms with Crippen molar-refractivity contribution in [2.75, 3.05) is 0 Å². The molecule has 0 aliphatic heterocycles. The van der Waals surface area contributed by atoms with Crippen LogP contribution < -0.4 is 0 Å². The fraction of sp³-hybridized carbons (Fsp3) is 0. The van der Waals surface area contributed by atoms with Crippen LogP contribution in [-0.2, 0) is 0 Å². The van der Waals surface area contributed by atoms with Crippen molar-refractivity contribution in [3.8, 4) is 28.2 Å². The molecule has 0 aliphatic carbocycles. The number of hydrogen-bond acceptors (Lipinski definition) is 4. The largest absolute Gasteiger partial charge is 0.436 e. The Bertz CT molecular complexity index is 3570. The molecule has 4 nitrogen and oxygen atoms in total. The van der Waals surface area contributed by atoms with E-state index in [1.165, 1.54) is 52.5 Å². The molecule has 0 fully saturated rings. The highest BCUT2D eigenvalue weighted by atomic mass is 32.1. The molecule has 12 rings (SSSR count). The van der Waals surface area contributed by atoms with Gasteiger partial charge >= 0.3 is 0 Å². The van der Waals surface area contributed by atoms with Crippen molar-refractivity contribution >= 4 is 97.1 Å². The van der Waals surface area contributed by atoms with Gasteiger partial charge in [-0.3, -0.25) is 4.57 Å². The van der Waals surface area contributed by atoms with Gasteiger partial charge in [0, 0.05) is 37.2 Å². The van der Waals surface area contributed by atoms with E-state index in [1.807, 2.05) is 29.5 Å². The van der Waals surface area contributed by atoms with Crippen LogP contribution in [0, 0.1) is 0 Å². The van der Waals surface area contributed by atoms with Gasteiger partial charge in [0.05, 0.1) is 15.7 Å². The zero-order valence-corrected chi connectivity index (χ0v) is 31.6.